The van der Waals surface area contributed by atoms with Crippen molar-refractivity contribution >= 4 is 0 Å². The molecule has 4 atom stereocenters. The van der Waals surface area contributed by atoms with Crippen molar-refractivity contribution in [3.63, 3.8) is 0 Å². The van der Waals surface area contributed by atoms with Crippen LogP contribution in [0.1, 0.15) is 0 Å². The van der Waals surface area contributed by atoms with Gasteiger partial charge in [-0.15, -0.1) is 0 Å². The summed E-state index contributed by atoms with van der Waals surface area (Å²) in [6.07, 6.45) is -6.03. The number of hydrogen-bond donors (Lipinski definition) is 5. The molecule has 7 heteroatoms. The van der Waals surface area contributed by atoms with Crippen LogP contribution in [0.2, 0.25) is 0 Å². The molecule has 0 amide bonds. The zero-order chi connectivity index (χ0) is 12.7. The van der Waals surface area contributed by atoms with E-state index >= 15 is 0 Å². The largest absolute Gasteiger partial charge is 0.394 e. The van der Waals surface area contributed by atoms with Crippen molar-refractivity contribution in [1.82, 2.24) is 4.90 Å². The number of likely N-dealkylation sites (N-methyl/N-ethyl adjacent to an activating group) is 1. The molecule has 0 heterocycles. The van der Waals surface area contributed by atoms with Crippen LogP contribution >= 0.6 is 0 Å². The summed E-state index contributed by atoms with van der Waals surface area (Å²) in [5.74, 6) is 0. The van der Waals surface area contributed by atoms with E-state index < -0.39 is 31.0 Å². The summed E-state index contributed by atoms with van der Waals surface area (Å²) in [7, 11) is 1.56. The van der Waals surface area contributed by atoms with Gasteiger partial charge in [0.15, 0.2) is 0 Å². The quantitative estimate of drug-likeness (QED) is 0.295. The van der Waals surface area contributed by atoms with Crippen LogP contribution in [0.25, 0.3) is 0 Å². The molecule has 0 aromatic heterocycles. The zero-order valence-electron chi connectivity index (χ0n) is 9.06. The second-order valence-electron chi connectivity index (χ2n) is 3.65. The molecule has 0 aromatic carbocycles. The lowest BCUT2D eigenvalue weighted by Gasteiger charge is -2.27. The van der Waals surface area contributed by atoms with E-state index in [9.17, 15) is 15.3 Å². The smallest absolute Gasteiger partial charge is 0.111 e. The Balaban J connectivity index is 4.17. The SMILES string of the molecule is CN(CC#N)CC(O)C(O)C(O)C(O)CO. The van der Waals surface area contributed by atoms with Gasteiger partial charge in [-0.3, -0.25) is 4.90 Å². The molecule has 0 bridgehead atoms. The van der Waals surface area contributed by atoms with Crippen LogP contribution < -0.4 is 0 Å². The molecular weight excluding hydrogens is 216 g/mol. The van der Waals surface area contributed by atoms with E-state index in [-0.39, 0.29) is 13.1 Å². The number of aliphatic hydroxyl groups excluding tert-OH is 5. The highest BCUT2D eigenvalue weighted by Crippen LogP contribution is 2.06. The van der Waals surface area contributed by atoms with E-state index in [1.807, 2.05) is 6.07 Å². The van der Waals surface area contributed by atoms with Crippen molar-refractivity contribution < 1.29 is 25.5 Å². The summed E-state index contributed by atoms with van der Waals surface area (Å²) in [6.45, 7) is -0.661. The molecule has 5 N–H and O–H groups in total. The molecule has 94 valence electrons. The molecule has 0 saturated heterocycles. The topological polar surface area (TPSA) is 128 Å². The van der Waals surface area contributed by atoms with Crippen molar-refractivity contribution in [2.75, 3.05) is 26.7 Å². The predicted molar refractivity (Wildman–Crippen MR) is 54.2 cm³/mol. The van der Waals surface area contributed by atoms with Crippen molar-refractivity contribution in [1.29, 1.82) is 5.26 Å². The Bertz CT molecular complexity index is 232. The maximum absolute atomic E-state index is 9.48. The summed E-state index contributed by atoms with van der Waals surface area (Å²) in [4.78, 5) is 1.45. The Morgan fingerprint density at radius 3 is 2.06 bits per heavy atom. The van der Waals surface area contributed by atoms with E-state index in [1.165, 1.54) is 4.90 Å². The van der Waals surface area contributed by atoms with E-state index in [4.69, 9.17) is 15.5 Å². The fraction of sp³-hybridized carbons (Fsp3) is 0.889. The lowest BCUT2D eigenvalue weighted by molar-refractivity contribution is -0.118. The second kappa shape index (κ2) is 7.51. The van der Waals surface area contributed by atoms with Gasteiger partial charge in [0, 0.05) is 6.54 Å². The highest BCUT2D eigenvalue weighted by atomic mass is 16.4. The molecule has 4 unspecified atom stereocenters. The second-order valence-corrected chi connectivity index (χ2v) is 3.65. The van der Waals surface area contributed by atoms with Gasteiger partial charge < -0.3 is 25.5 Å². The third kappa shape index (κ3) is 4.85. The van der Waals surface area contributed by atoms with Crippen LogP contribution in [0, 0.1) is 11.3 Å². The van der Waals surface area contributed by atoms with Gasteiger partial charge in [-0.25, -0.2) is 0 Å². The molecular formula is C9H18N2O5. The summed E-state index contributed by atoms with van der Waals surface area (Å²) in [5.41, 5.74) is 0. The standard InChI is InChI=1S/C9H18N2O5/c1-11(3-2-10)4-6(13)8(15)9(16)7(14)5-12/h6-9,12-16H,3-5H2,1H3. The Hall–Kier alpha value is -0.750. The minimum atomic E-state index is -1.63. The summed E-state index contributed by atoms with van der Waals surface area (Å²) < 4.78 is 0. The minimum absolute atomic E-state index is 0.0239. The van der Waals surface area contributed by atoms with Gasteiger partial charge in [-0.1, -0.05) is 0 Å². The van der Waals surface area contributed by atoms with Crippen LogP contribution in [0.4, 0.5) is 0 Å². The zero-order valence-corrected chi connectivity index (χ0v) is 9.06. The fourth-order valence-corrected chi connectivity index (χ4v) is 1.18. The molecule has 0 saturated carbocycles. The number of aliphatic hydroxyl groups is 5. The van der Waals surface area contributed by atoms with Gasteiger partial charge in [-0.05, 0) is 7.05 Å². The number of hydrogen-bond acceptors (Lipinski definition) is 7. The summed E-state index contributed by atoms with van der Waals surface area (Å²) in [6, 6.07) is 1.86. The molecule has 0 radical (unpaired) electrons. The molecule has 0 aliphatic heterocycles. The third-order valence-electron chi connectivity index (χ3n) is 2.16. The highest BCUT2D eigenvalue weighted by Gasteiger charge is 2.30. The molecule has 7 nitrogen and oxygen atoms in total. The monoisotopic (exact) mass is 234 g/mol. The van der Waals surface area contributed by atoms with Crippen molar-refractivity contribution in [3.8, 4) is 6.07 Å². The first-order valence-electron chi connectivity index (χ1n) is 4.82. The van der Waals surface area contributed by atoms with Crippen molar-refractivity contribution in [2.24, 2.45) is 0 Å². The van der Waals surface area contributed by atoms with Gasteiger partial charge in [0.25, 0.3) is 0 Å². The minimum Gasteiger partial charge on any atom is -0.394 e. The van der Waals surface area contributed by atoms with Gasteiger partial charge in [0.2, 0.25) is 0 Å². The van der Waals surface area contributed by atoms with Gasteiger partial charge in [-0.2, -0.15) is 5.26 Å². The molecule has 16 heavy (non-hydrogen) atoms. The predicted octanol–water partition coefficient (Wildman–Crippen LogP) is -3.12. The van der Waals surface area contributed by atoms with Crippen LogP contribution in [-0.2, 0) is 0 Å². The molecule has 0 spiro atoms. The number of rotatable bonds is 7. The van der Waals surface area contributed by atoms with Crippen molar-refractivity contribution in [3.05, 3.63) is 0 Å². The lowest BCUT2D eigenvalue weighted by Crippen LogP contribution is -2.49. The Morgan fingerprint density at radius 1 is 1.12 bits per heavy atom. The molecule has 0 rings (SSSR count). The normalized spacial score (nSPS) is 18.9. The lowest BCUT2D eigenvalue weighted by atomic mass is 10.0. The maximum Gasteiger partial charge on any atom is 0.111 e. The Labute approximate surface area is 93.8 Å². The first-order chi connectivity index (χ1) is 7.43. The summed E-state index contributed by atoms with van der Waals surface area (Å²) >= 11 is 0. The molecule has 0 aliphatic rings. The van der Waals surface area contributed by atoms with Crippen LogP contribution in [0.3, 0.4) is 0 Å². The Kier molecular flexibility index (Phi) is 7.16. The average molecular weight is 234 g/mol. The third-order valence-corrected chi connectivity index (χ3v) is 2.16. The highest BCUT2D eigenvalue weighted by molar-refractivity contribution is 4.83. The van der Waals surface area contributed by atoms with E-state index in [1.54, 1.807) is 7.05 Å². The molecule has 0 fully saturated rings. The van der Waals surface area contributed by atoms with E-state index in [2.05, 4.69) is 0 Å². The average Bonchev–Trinajstić information content (AvgIpc) is 2.26. The summed E-state index contributed by atoms with van der Waals surface area (Å²) in [5, 5.41) is 54.2. The first-order valence-corrected chi connectivity index (χ1v) is 4.82. The van der Waals surface area contributed by atoms with E-state index in [0.29, 0.717) is 0 Å². The van der Waals surface area contributed by atoms with E-state index in [0.717, 1.165) is 0 Å². The molecule has 0 aromatic rings. The fourth-order valence-electron chi connectivity index (χ4n) is 1.18. The van der Waals surface area contributed by atoms with Crippen LogP contribution in [0.5, 0.6) is 0 Å². The Morgan fingerprint density at radius 2 is 1.62 bits per heavy atom. The van der Waals surface area contributed by atoms with Gasteiger partial charge in [0.1, 0.15) is 18.3 Å². The van der Waals surface area contributed by atoms with Crippen LogP contribution in [-0.4, -0.2) is 81.6 Å². The maximum atomic E-state index is 9.48. The van der Waals surface area contributed by atoms with Crippen molar-refractivity contribution in [2.45, 2.75) is 24.4 Å². The molecule has 0 aliphatic carbocycles. The first kappa shape index (κ1) is 15.2. The number of nitrogens with zero attached hydrogens (tertiary/aromatic N) is 2. The van der Waals surface area contributed by atoms with Gasteiger partial charge in [0.05, 0.1) is 25.3 Å². The van der Waals surface area contributed by atoms with Crippen LogP contribution in [0.15, 0.2) is 0 Å². The van der Waals surface area contributed by atoms with Gasteiger partial charge >= 0.3 is 0 Å². The number of nitriles is 1.